The van der Waals surface area contributed by atoms with E-state index in [-0.39, 0.29) is 16.8 Å². The maximum atomic E-state index is 12.5. The topological polar surface area (TPSA) is 92.5 Å². The van der Waals surface area contributed by atoms with Gasteiger partial charge in [0.15, 0.2) is 0 Å². The molecular weight excluding hydrogens is 338 g/mol. The third-order valence-electron chi connectivity index (χ3n) is 4.25. The lowest BCUT2D eigenvalue weighted by Crippen LogP contribution is -2.52. The zero-order valence-electron chi connectivity index (χ0n) is 16.0. The molecule has 0 fully saturated rings. The Kier molecular flexibility index (Phi) is 7.17. The van der Waals surface area contributed by atoms with Crippen molar-refractivity contribution in [3.8, 4) is 0 Å². The largest absolute Gasteiger partial charge is 0.346 e. The van der Waals surface area contributed by atoms with Crippen molar-refractivity contribution in [2.45, 2.75) is 57.5 Å². The highest BCUT2D eigenvalue weighted by Crippen LogP contribution is 2.19. The number of rotatable bonds is 8. The van der Waals surface area contributed by atoms with Crippen LogP contribution in [-0.4, -0.2) is 43.8 Å². The predicted octanol–water partition coefficient (Wildman–Crippen LogP) is 2.21. The maximum Gasteiger partial charge on any atom is 0.251 e. The molecule has 0 heterocycles. The highest BCUT2D eigenvalue weighted by Gasteiger charge is 2.27. The van der Waals surface area contributed by atoms with E-state index in [1.807, 2.05) is 20.8 Å². The van der Waals surface area contributed by atoms with Crippen LogP contribution >= 0.6 is 0 Å². The number of sulfonamides is 1. The van der Waals surface area contributed by atoms with Crippen LogP contribution in [0.5, 0.6) is 0 Å². The summed E-state index contributed by atoms with van der Waals surface area (Å²) in [6.07, 6.45) is 0.765. The molecule has 1 rings (SSSR count). The zero-order chi connectivity index (χ0) is 19.4. The van der Waals surface area contributed by atoms with Crippen molar-refractivity contribution in [3.63, 3.8) is 0 Å². The Morgan fingerprint density at radius 3 is 2.12 bits per heavy atom. The number of hydrogen-bond donors (Lipinski definition) is 2. The Morgan fingerprint density at radius 2 is 1.72 bits per heavy atom. The van der Waals surface area contributed by atoms with E-state index < -0.39 is 15.6 Å². The molecule has 25 heavy (non-hydrogen) atoms. The van der Waals surface area contributed by atoms with Gasteiger partial charge < -0.3 is 11.1 Å². The molecule has 0 spiro atoms. The van der Waals surface area contributed by atoms with Crippen molar-refractivity contribution in [1.29, 1.82) is 0 Å². The molecule has 0 bridgehead atoms. The summed E-state index contributed by atoms with van der Waals surface area (Å²) < 4.78 is 26.2. The summed E-state index contributed by atoms with van der Waals surface area (Å²) in [4.78, 5) is 12.6. The second-order valence-electron chi connectivity index (χ2n) is 7.46. The van der Waals surface area contributed by atoms with Crippen LogP contribution in [0.15, 0.2) is 29.2 Å². The van der Waals surface area contributed by atoms with Crippen LogP contribution in [0.25, 0.3) is 0 Å². The number of hydrogen-bond acceptors (Lipinski definition) is 4. The van der Waals surface area contributed by atoms with E-state index in [0.29, 0.717) is 18.0 Å². The highest BCUT2D eigenvalue weighted by atomic mass is 32.2. The average Bonchev–Trinajstić information content (AvgIpc) is 2.53. The van der Waals surface area contributed by atoms with Crippen LogP contribution in [0.4, 0.5) is 0 Å². The minimum Gasteiger partial charge on any atom is -0.346 e. The molecule has 1 amide bonds. The van der Waals surface area contributed by atoms with E-state index in [1.54, 1.807) is 7.05 Å². The van der Waals surface area contributed by atoms with Gasteiger partial charge in [0, 0.05) is 30.7 Å². The molecule has 7 heteroatoms. The van der Waals surface area contributed by atoms with Gasteiger partial charge in [-0.1, -0.05) is 13.8 Å². The SMILES string of the molecule is CC(C)CC(C)(CN)NC(=O)c1ccc(S(=O)(=O)N(C)C(C)C)cc1. The number of nitrogens with two attached hydrogens (primary N) is 1. The van der Waals surface area contributed by atoms with E-state index >= 15 is 0 Å². The smallest absolute Gasteiger partial charge is 0.251 e. The van der Waals surface area contributed by atoms with Crippen LogP contribution in [0.1, 0.15) is 51.4 Å². The summed E-state index contributed by atoms with van der Waals surface area (Å²) in [5, 5.41) is 2.97. The Labute approximate surface area is 151 Å². The van der Waals surface area contributed by atoms with Gasteiger partial charge in [-0.3, -0.25) is 4.79 Å². The molecule has 0 saturated heterocycles. The van der Waals surface area contributed by atoms with E-state index in [9.17, 15) is 13.2 Å². The van der Waals surface area contributed by atoms with Crippen LogP contribution in [-0.2, 0) is 10.0 Å². The fraction of sp³-hybridized carbons (Fsp3) is 0.611. The van der Waals surface area contributed by atoms with Gasteiger partial charge in [-0.15, -0.1) is 0 Å². The summed E-state index contributed by atoms with van der Waals surface area (Å²) in [6.45, 7) is 10.0. The van der Waals surface area contributed by atoms with Gasteiger partial charge in [0.1, 0.15) is 0 Å². The van der Waals surface area contributed by atoms with Crippen molar-refractivity contribution in [2.75, 3.05) is 13.6 Å². The second kappa shape index (κ2) is 8.29. The van der Waals surface area contributed by atoms with Gasteiger partial charge in [-0.05, 0) is 57.4 Å². The lowest BCUT2D eigenvalue weighted by molar-refractivity contribution is 0.0898. The predicted molar refractivity (Wildman–Crippen MR) is 101 cm³/mol. The number of carbonyl (C=O) groups is 1. The normalized spacial score (nSPS) is 14.8. The fourth-order valence-corrected chi connectivity index (χ4v) is 4.02. The van der Waals surface area contributed by atoms with E-state index in [2.05, 4.69) is 19.2 Å². The third-order valence-corrected chi connectivity index (χ3v) is 6.29. The first kappa shape index (κ1) is 21.6. The van der Waals surface area contributed by atoms with Gasteiger partial charge in [0.05, 0.1) is 4.90 Å². The lowest BCUT2D eigenvalue weighted by atomic mass is 9.90. The first-order valence-electron chi connectivity index (χ1n) is 8.53. The first-order valence-corrected chi connectivity index (χ1v) is 9.97. The van der Waals surface area contributed by atoms with E-state index in [0.717, 1.165) is 6.42 Å². The van der Waals surface area contributed by atoms with Crippen molar-refractivity contribution >= 4 is 15.9 Å². The molecule has 1 unspecified atom stereocenters. The number of nitrogens with one attached hydrogen (secondary N) is 1. The molecule has 0 aliphatic rings. The Morgan fingerprint density at radius 1 is 1.20 bits per heavy atom. The summed E-state index contributed by atoms with van der Waals surface area (Å²) in [5.41, 5.74) is 5.74. The molecule has 0 aliphatic heterocycles. The third kappa shape index (κ3) is 5.52. The molecule has 0 aliphatic carbocycles. The van der Waals surface area contributed by atoms with Crippen LogP contribution < -0.4 is 11.1 Å². The molecule has 0 radical (unpaired) electrons. The Balaban J connectivity index is 2.98. The van der Waals surface area contributed by atoms with E-state index in [1.165, 1.54) is 28.6 Å². The molecule has 142 valence electrons. The first-order chi connectivity index (χ1) is 11.4. The Hall–Kier alpha value is -1.44. The average molecular weight is 370 g/mol. The number of nitrogens with zero attached hydrogens (tertiary/aromatic N) is 1. The van der Waals surface area contributed by atoms with Crippen LogP contribution in [0.3, 0.4) is 0 Å². The Bertz CT molecular complexity index is 684. The van der Waals surface area contributed by atoms with Gasteiger partial charge in [-0.2, -0.15) is 4.31 Å². The zero-order valence-corrected chi connectivity index (χ0v) is 16.9. The summed E-state index contributed by atoms with van der Waals surface area (Å²) in [7, 11) is -2.01. The van der Waals surface area contributed by atoms with Gasteiger partial charge >= 0.3 is 0 Å². The maximum absolute atomic E-state index is 12.5. The minimum absolute atomic E-state index is 0.144. The minimum atomic E-state index is -3.55. The lowest BCUT2D eigenvalue weighted by Gasteiger charge is -2.31. The molecule has 1 aromatic carbocycles. The molecule has 6 nitrogen and oxygen atoms in total. The molecule has 1 atom stereocenters. The molecular formula is C18H31N3O3S. The molecule has 1 aromatic rings. The molecule has 0 saturated carbocycles. The van der Waals surface area contributed by atoms with Crippen molar-refractivity contribution < 1.29 is 13.2 Å². The summed E-state index contributed by atoms with van der Waals surface area (Å²) in [6, 6.07) is 5.84. The van der Waals surface area contributed by atoms with E-state index in [4.69, 9.17) is 5.73 Å². The summed E-state index contributed by atoms with van der Waals surface area (Å²) >= 11 is 0. The summed E-state index contributed by atoms with van der Waals surface area (Å²) in [5.74, 6) is 0.141. The highest BCUT2D eigenvalue weighted by molar-refractivity contribution is 7.89. The van der Waals surface area contributed by atoms with Crippen molar-refractivity contribution in [3.05, 3.63) is 29.8 Å². The standard InChI is InChI=1S/C18H31N3O3S/c1-13(2)11-18(5,12-19)20-17(22)15-7-9-16(10-8-15)25(23,24)21(6)14(3)4/h7-10,13-14H,11-12,19H2,1-6H3,(H,20,22). The van der Waals surface area contributed by atoms with Gasteiger partial charge in [0.2, 0.25) is 10.0 Å². The molecule has 0 aromatic heterocycles. The van der Waals surface area contributed by atoms with Gasteiger partial charge in [-0.25, -0.2) is 8.42 Å². The second-order valence-corrected chi connectivity index (χ2v) is 9.45. The number of carbonyl (C=O) groups excluding carboxylic acids is 1. The number of amides is 1. The fourth-order valence-electron chi connectivity index (χ4n) is 2.65. The van der Waals surface area contributed by atoms with Crippen molar-refractivity contribution in [1.82, 2.24) is 9.62 Å². The molecule has 3 N–H and O–H groups in total. The van der Waals surface area contributed by atoms with Gasteiger partial charge in [0.25, 0.3) is 5.91 Å². The van der Waals surface area contributed by atoms with Crippen LogP contribution in [0.2, 0.25) is 0 Å². The van der Waals surface area contributed by atoms with Crippen molar-refractivity contribution in [2.24, 2.45) is 11.7 Å². The quantitative estimate of drug-likeness (QED) is 0.735. The number of benzene rings is 1. The van der Waals surface area contributed by atoms with Crippen LogP contribution in [0, 0.1) is 5.92 Å². The monoisotopic (exact) mass is 369 g/mol.